The van der Waals surface area contributed by atoms with E-state index in [1.807, 2.05) is 0 Å². The lowest BCUT2D eigenvalue weighted by atomic mass is 10.0. The van der Waals surface area contributed by atoms with Crippen molar-refractivity contribution in [1.29, 1.82) is 0 Å². The maximum atomic E-state index is 12.9. The number of hydrogen-bond acceptors (Lipinski definition) is 6. The van der Waals surface area contributed by atoms with Crippen molar-refractivity contribution in [3.8, 4) is 0 Å². The smallest absolute Gasteiger partial charge is 0.306 e. The van der Waals surface area contributed by atoms with Gasteiger partial charge in [0, 0.05) is 19.3 Å². The van der Waals surface area contributed by atoms with Crippen LogP contribution in [0.2, 0.25) is 0 Å². The van der Waals surface area contributed by atoms with Gasteiger partial charge in [-0.3, -0.25) is 14.4 Å². The number of hydrogen-bond donors (Lipinski definition) is 0. The van der Waals surface area contributed by atoms with Gasteiger partial charge in [0.2, 0.25) is 0 Å². The molecule has 458 valence electrons. The van der Waals surface area contributed by atoms with Crippen LogP contribution in [0, 0.1) is 0 Å². The summed E-state index contributed by atoms with van der Waals surface area (Å²) in [6, 6.07) is 0. The first-order chi connectivity index (χ1) is 39.0. The summed E-state index contributed by atoms with van der Waals surface area (Å²) < 4.78 is 17.0. The maximum absolute atomic E-state index is 12.9. The summed E-state index contributed by atoms with van der Waals surface area (Å²) >= 11 is 0. The van der Waals surface area contributed by atoms with Crippen LogP contribution in [0.25, 0.3) is 0 Å². The Morgan fingerprint density at radius 3 is 0.785 bits per heavy atom. The summed E-state index contributed by atoms with van der Waals surface area (Å²) in [4.78, 5) is 38.4. The molecule has 6 heteroatoms. The topological polar surface area (TPSA) is 78.9 Å². The maximum Gasteiger partial charge on any atom is 0.306 e. The van der Waals surface area contributed by atoms with Crippen LogP contribution >= 0.6 is 0 Å². The molecule has 0 aliphatic heterocycles. The predicted octanol–water partition coefficient (Wildman–Crippen LogP) is 23.7. The highest BCUT2D eigenvalue weighted by Crippen LogP contribution is 2.18. The van der Waals surface area contributed by atoms with Crippen molar-refractivity contribution in [1.82, 2.24) is 0 Å². The van der Waals surface area contributed by atoms with Crippen LogP contribution < -0.4 is 0 Å². The van der Waals surface area contributed by atoms with Gasteiger partial charge in [0.25, 0.3) is 0 Å². The fourth-order valence-corrected chi connectivity index (χ4v) is 10.1. The lowest BCUT2D eigenvalue weighted by Gasteiger charge is -2.18. The highest BCUT2D eigenvalue weighted by Gasteiger charge is 2.19. The van der Waals surface area contributed by atoms with E-state index in [2.05, 4.69) is 93.7 Å². The quantitative estimate of drug-likeness (QED) is 0.0261. The summed E-state index contributed by atoms with van der Waals surface area (Å²) in [7, 11) is 0. The molecule has 0 fully saturated rings. The third kappa shape index (κ3) is 65.5. The molecule has 0 amide bonds. The second kappa shape index (κ2) is 67.4. The van der Waals surface area contributed by atoms with Gasteiger partial charge < -0.3 is 14.2 Å². The molecule has 79 heavy (non-hydrogen) atoms. The zero-order chi connectivity index (χ0) is 57.1. The lowest BCUT2D eigenvalue weighted by Crippen LogP contribution is -2.30. The van der Waals surface area contributed by atoms with Gasteiger partial charge >= 0.3 is 17.9 Å². The Bertz CT molecular complexity index is 1450. The fourth-order valence-electron chi connectivity index (χ4n) is 10.1. The van der Waals surface area contributed by atoms with Crippen LogP contribution in [-0.2, 0) is 28.6 Å². The van der Waals surface area contributed by atoms with Crippen molar-refractivity contribution in [2.24, 2.45) is 0 Å². The third-order valence-electron chi connectivity index (χ3n) is 15.2. The van der Waals surface area contributed by atoms with E-state index in [4.69, 9.17) is 14.2 Å². The van der Waals surface area contributed by atoms with Crippen LogP contribution in [-0.4, -0.2) is 37.2 Å². The molecule has 0 radical (unpaired) electrons. The van der Waals surface area contributed by atoms with Crippen LogP contribution in [0.15, 0.2) is 72.9 Å². The van der Waals surface area contributed by atoms with E-state index >= 15 is 0 Å². The van der Waals surface area contributed by atoms with Crippen molar-refractivity contribution < 1.29 is 28.6 Å². The monoisotopic (exact) mass is 1100 g/mol. The Kier molecular flexibility index (Phi) is 64.7. The molecule has 1 unspecified atom stereocenters. The molecule has 0 spiro atoms. The first-order valence-corrected chi connectivity index (χ1v) is 34.4. The van der Waals surface area contributed by atoms with Gasteiger partial charge in [-0.1, -0.05) is 318 Å². The van der Waals surface area contributed by atoms with Crippen LogP contribution in [0.4, 0.5) is 0 Å². The summed E-state index contributed by atoms with van der Waals surface area (Å²) in [6.07, 6.45) is 87.7. The molecule has 0 aliphatic carbocycles. The summed E-state index contributed by atoms with van der Waals surface area (Å²) in [6.45, 7) is 6.56. The van der Waals surface area contributed by atoms with Gasteiger partial charge in [0.1, 0.15) is 13.2 Å². The van der Waals surface area contributed by atoms with Crippen LogP contribution in [0.3, 0.4) is 0 Å². The minimum atomic E-state index is -0.779. The SMILES string of the molecule is CC/C=C\C/C=C\C/C=C\C/C=C\CCCCCCCCCCCCCCCCC(=O)OCC(COC(=O)CCCCCCCCCCCCCCCCCC)OC(=O)CCCCCCCCC/C=C\C/C=C\CCCCCC. The fraction of sp³-hybridized carbons (Fsp3) is 0.795. The summed E-state index contributed by atoms with van der Waals surface area (Å²) in [5.41, 5.74) is 0. The van der Waals surface area contributed by atoms with Crippen LogP contribution in [0.5, 0.6) is 0 Å². The number of allylic oxidation sites excluding steroid dienone is 12. The molecule has 0 rings (SSSR count). The van der Waals surface area contributed by atoms with Crippen molar-refractivity contribution in [2.45, 2.75) is 361 Å². The molecular formula is C73H130O6. The van der Waals surface area contributed by atoms with Crippen molar-refractivity contribution in [3.05, 3.63) is 72.9 Å². The van der Waals surface area contributed by atoms with Gasteiger partial charge in [-0.15, -0.1) is 0 Å². The van der Waals surface area contributed by atoms with E-state index in [0.717, 1.165) is 96.3 Å². The second-order valence-corrected chi connectivity index (χ2v) is 23.1. The van der Waals surface area contributed by atoms with E-state index in [1.54, 1.807) is 0 Å². The molecule has 0 saturated heterocycles. The molecule has 0 N–H and O–H groups in total. The zero-order valence-electron chi connectivity index (χ0n) is 52.6. The van der Waals surface area contributed by atoms with Gasteiger partial charge in [0.15, 0.2) is 6.10 Å². The molecule has 0 heterocycles. The number of rotatable bonds is 63. The predicted molar refractivity (Wildman–Crippen MR) is 344 cm³/mol. The van der Waals surface area contributed by atoms with Crippen molar-refractivity contribution >= 4 is 17.9 Å². The van der Waals surface area contributed by atoms with E-state index in [1.165, 1.54) is 218 Å². The highest BCUT2D eigenvalue weighted by molar-refractivity contribution is 5.71. The minimum absolute atomic E-state index is 0.0739. The second-order valence-electron chi connectivity index (χ2n) is 23.1. The van der Waals surface area contributed by atoms with E-state index < -0.39 is 6.10 Å². The first-order valence-electron chi connectivity index (χ1n) is 34.4. The molecule has 0 aromatic heterocycles. The molecule has 0 aliphatic rings. The van der Waals surface area contributed by atoms with Crippen molar-refractivity contribution in [2.75, 3.05) is 13.2 Å². The zero-order valence-corrected chi connectivity index (χ0v) is 52.6. The van der Waals surface area contributed by atoms with E-state index in [9.17, 15) is 14.4 Å². The molecule has 0 aromatic rings. The molecule has 0 saturated carbocycles. The molecule has 1 atom stereocenters. The Hall–Kier alpha value is -3.15. The average molecular weight is 1100 g/mol. The standard InChI is InChI=1S/C73H130O6/c1-4-7-10-13-16-19-22-25-28-31-33-34-35-36-37-38-39-40-41-43-45-48-51-54-57-60-63-66-72(75)78-69-70(68-77-71(74)65-62-59-56-53-50-47-44-30-27-24-21-18-15-12-9-6-3)79-73(76)67-64-61-58-55-52-49-46-42-32-29-26-23-20-17-14-11-8-5-2/h7,10,16,19-20,23,25,28-29,32-34,70H,4-6,8-9,11-15,17-18,21-22,24,26-27,30-31,35-69H2,1-3H3/b10-7-,19-16-,23-20-,28-25-,32-29-,34-33-. The average Bonchev–Trinajstić information content (AvgIpc) is 3.45. The van der Waals surface area contributed by atoms with Gasteiger partial charge in [0.05, 0.1) is 0 Å². The summed E-state index contributed by atoms with van der Waals surface area (Å²) in [5, 5.41) is 0. The van der Waals surface area contributed by atoms with Gasteiger partial charge in [-0.05, 0) is 89.9 Å². The Balaban J connectivity index is 4.29. The number of ether oxygens (including phenoxy) is 3. The molecule has 0 bridgehead atoms. The molecular weight excluding hydrogens is 973 g/mol. The highest BCUT2D eigenvalue weighted by atomic mass is 16.6. The van der Waals surface area contributed by atoms with E-state index in [-0.39, 0.29) is 31.1 Å². The lowest BCUT2D eigenvalue weighted by molar-refractivity contribution is -0.167. The Labute approximate surface area is 491 Å². The number of carbonyl (C=O) groups excluding carboxylic acids is 3. The summed E-state index contributed by atoms with van der Waals surface area (Å²) in [5.74, 6) is -0.860. The van der Waals surface area contributed by atoms with Crippen LogP contribution in [0.1, 0.15) is 355 Å². The minimum Gasteiger partial charge on any atom is -0.462 e. The van der Waals surface area contributed by atoms with Crippen molar-refractivity contribution in [3.63, 3.8) is 0 Å². The number of carbonyl (C=O) groups is 3. The van der Waals surface area contributed by atoms with Gasteiger partial charge in [-0.25, -0.2) is 0 Å². The third-order valence-corrected chi connectivity index (χ3v) is 15.2. The number of esters is 3. The largest absolute Gasteiger partial charge is 0.462 e. The molecule has 6 nitrogen and oxygen atoms in total. The van der Waals surface area contributed by atoms with Gasteiger partial charge in [-0.2, -0.15) is 0 Å². The number of unbranched alkanes of at least 4 members (excludes halogenated alkanes) is 40. The normalized spacial score (nSPS) is 12.5. The first kappa shape index (κ1) is 75.8. The Morgan fingerprint density at radius 2 is 0.494 bits per heavy atom. The molecule has 0 aromatic carbocycles. The Morgan fingerprint density at radius 1 is 0.266 bits per heavy atom. The van der Waals surface area contributed by atoms with E-state index in [0.29, 0.717) is 19.3 Å².